The van der Waals surface area contributed by atoms with Gasteiger partial charge in [0, 0.05) is 30.7 Å². The predicted octanol–water partition coefficient (Wildman–Crippen LogP) is 2.39. The summed E-state index contributed by atoms with van der Waals surface area (Å²) in [5.74, 6) is -0.233. The van der Waals surface area contributed by atoms with Crippen LogP contribution in [0.25, 0.3) is 21.8 Å². The molecule has 130 valence electrons. The number of nitrogens with zero attached hydrogens (tertiary/aromatic N) is 2. The number of aromatic nitrogens is 3. The second-order valence-electron chi connectivity index (χ2n) is 6.18. The van der Waals surface area contributed by atoms with Gasteiger partial charge in [-0.05, 0) is 30.2 Å². The minimum Gasteiger partial charge on any atom is -0.361 e. The Kier molecular flexibility index (Phi) is 4.01. The first-order valence-electron chi connectivity index (χ1n) is 8.44. The van der Waals surface area contributed by atoms with Crippen LogP contribution in [0.15, 0.2) is 59.5 Å². The molecule has 0 aliphatic carbocycles. The van der Waals surface area contributed by atoms with Crippen LogP contribution < -0.4 is 10.9 Å². The van der Waals surface area contributed by atoms with Gasteiger partial charge in [-0.25, -0.2) is 4.98 Å². The lowest BCUT2D eigenvalue weighted by molar-refractivity contribution is 0.0939. The monoisotopic (exact) mass is 346 g/mol. The van der Waals surface area contributed by atoms with Crippen molar-refractivity contribution in [3.05, 3.63) is 76.5 Å². The van der Waals surface area contributed by atoms with Gasteiger partial charge in [-0.3, -0.25) is 14.2 Å². The summed E-state index contributed by atoms with van der Waals surface area (Å²) in [6.07, 6.45) is 2.65. The molecule has 0 radical (unpaired) electrons. The summed E-state index contributed by atoms with van der Waals surface area (Å²) in [6, 6.07) is 15.1. The Morgan fingerprint density at radius 3 is 2.69 bits per heavy atom. The molecule has 0 unspecified atom stereocenters. The van der Waals surface area contributed by atoms with Crippen LogP contribution in [0.5, 0.6) is 0 Å². The van der Waals surface area contributed by atoms with Gasteiger partial charge in [0.1, 0.15) is 0 Å². The largest absolute Gasteiger partial charge is 0.361 e. The summed E-state index contributed by atoms with van der Waals surface area (Å²) >= 11 is 0. The Balaban J connectivity index is 1.53. The van der Waals surface area contributed by atoms with Crippen molar-refractivity contribution in [2.24, 2.45) is 7.05 Å². The third-order valence-corrected chi connectivity index (χ3v) is 4.54. The smallest absolute Gasteiger partial charge is 0.287 e. The van der Waals surface area contributed by atoms with Crippen molar-refractivity contribution in [1.29, 1.82) is 0 Å². The molecular weight excluding hydrogens is 328 g/mol. The first kappa shape index (κ1) is 16.1. The van der Waals surface area contributed by atoms with E-state index in [-0.39, 0.29) is 17.3 Å². The summed E-state index contributed by atoms with van der Waals surface area (Å²) in [4.78, 5) is 32.5. The van der Waals surface area contributed by atoms with Gasteiger partial charge in [0.25, 0.3) is 11.5 Å². The highest BCUT2D eigenvalue weighted by Crippen LogP contribution is 2.17. The minimum atomic E-state index is -0.352. The van der Waals surface area contributed by atoms with E-state index in [4.69, 9.17) is 0 Å². The molecule has 0 saturated heterocycles. The van der Waals surface area contributed by atoms with Gasteiger partial charge >= 0.3 is 0 Å². The first-order valence-corrected chi connectivity index (χ1v) is 8.44. The molecule has 0 aliphatic rings. The summed E-state index contributed by atoms with van der Waals surface area (Å²) in [6.45, 7) is 0.462. The number of fused-ring (bicyclic) bond motifs is 2. The number of para-hydroxylation sites is 2. The van der Waals surface area contributed by atoms with Gasteiger partial charge in [-0.2, -0.15) is 0 Å². The molecule has 2 N–H and O–H groups in total. The highest BCUT2D eigenvalue weighted by molar-refractivity contribution is 5.93. The Morgan fingerprint density at radius 2 is 1.85 bits per heavy atom. The van der Waals surface area contributed by atoms with Crippen LogP contribution in [0.2, 0.25) is 0 Å². The van der Waals surface area contributed by atoms with E-state index in [1.165, 1.54) is 4.57 Å². The molecule has 0 bridgehead atoms. The molecule has 6 heteroatoms. The fraction of sp³-hybridized carbons (Fsp3) is 0.150. The number of carbonyl (C=O) groups excluding carboxylic acids is 1. The summed E-state index contributed by atoms with van der Waals surface area (Å²) in [7, 11) is 1.57. The molecule has 0 atom stereocenters. The maximum atomic E-state index is 12.5. The van der Waals surface area contributed by atoms with Crippen molar-refractivity contribution in [2.75, 3.05) is 6.54 Å². The van der Waals surface area contributed by atoms with Gasteiger partial charge in [-0.1, -0.05) is 30.3 Å². The van der Waals surface area contributed by atoms with E-state index in [0.717, 1.165) is 16.5 Å². The third kappa shape index (κ3) is 2.75. The quantitative estimate of drug-likeness (QED) is 0.595. The zero-order valence-corrected chi connectivity index (χ0v) is 14.3. The molecule has 2 aromatic heterocycles. The highest BCUT2D eigenvalue weighted by atomic mass is 16.2. The van der Waals surface area contributed by atoms with E-state index < -0.39 is 0 Å². The maximum absolute atomic E-state index is 12.5. The van der Waals surface area contributed by atoms with Crippen LogP contribution in [0.4, 0.5) is 0 Å². The van der Waals surface area contributed by atoms with E-state index in [0.29, 0.717) is 23.9 Å². The predicted molar refractivity (Wildman–Crippen MR) is 101 cm³/mol. The van der Waals surface area contributed by atoms with Gasteiger partial charge in [0.05, 0.1) is 10.9 Å². The van der Waals surface area contributed by atoms with Crippen LogP contribution >= 0.6 is 0 Å². The highest BCUT2D eigenvalue weighted by Gasteiger charge is 2.14. The number of amides is 1. The minimum absolute atomic E-state index is 0.118. The number of benzene rings is 2. The number of aromatic amines is 1. The third-order valence-electron chi connectivity index (χ3n) is 4.54. The average molecular weight is 346 g/mol. The summed E-state index contributed by atoms with van der Waals surface area (Å²) in [5.41, 5.74) is 2.52. The molecule has 0 spiro atoms. The lowest BCUT2D eigenvalue weighted by Gasteiger charge is -2.09. The molecule has 0 fully saturated rings. The fourth-order valence-electron chi connectivity index (χ4n) is 3.15. The molecular formula is C20H18N4O2. The molecule has 2 heterocycles. The topological polar surface area (TPSA) is 79.8 Å². The SMILES string of the molecule is Cn1c(C(=O)NCCc2c[nH]c3ccccc23)nc2ccccc2c1=O. The summed E-state index contributed by atoms with van der Waals surface area (Å²) < 4.78 is 1.29. The van der Waals surface area contributed by atoms with Gasteiger partial charge < -0.3 is 10.3 Å². The molecule has 0 saturated carbocycles. The second kappa shape index (κ2) is 6.48. The van der Waals surface area contributed by atoms with Crippen molar-refractivity contribution >= 4 is 27.7 Å². The van der Waals surface area contributed by atoms with E-state index in [1.807, 2.05) is 24.4 Å². The van der Waals surface area contributed by atoms with Crippen molar-refractivity contribution < 1.29 is 4.79 Å². The average Bonchev–Trinajstić information content (AvgIpc) is 3.08. The normalized spacial score (nSPS) is 11.1. The number of hydrogen-bond donors (Lipinski definition) is 2. The number of H-pyrrole nitrogens is 1. The van der Waals surface area contributed by atoms with Crippen LogP contribution in [0, 0.1) is 0 Å². The maximum Gasteiger partial charge on any atom is 0.287 e. The molecule has 4 aromatic rings. The van der Waals surface area contributed by atoms with Gasteiger partial charge in [-0.15, -0.1) is 0 Å². The molecule has 26 heavy (non-hydrogen) atoms. The molecule has 4 rings (SSSR count). The van der Waals surface area contributed by atoms with Crippen molar-refractivity contribution in [2.45, 2.75) is 6.42 Å². The van der Waals surface area contributed by atoms with E-state index in [1.54, 1.807) is 31.3 Å². The second-order valence-corrected chi connectivity index (χ2v) is 6.18. The van der Waals surface area contributed by atoms with Crippen molar-refractivity contribution in [3.63, 3.8) is 0 Å². The molecule has 1 amide bonds. The number of rotatable bonds is 4. The van der Waals surface area contributed by atoms with Gasteiger partial charge in [0.2, 0.25) is 5.82 Å². The Morgan fingerprint density at radius 1 is 1.12 bits per heavy atom. The Labute approximate surface area is 149 Å². The van der Waals surface area contributed by atoms with E-state index >= 15 is 0 Å². The lowest BCUT2D eigenvalue weighted by atomic mass is 10.1. The van der Waals surface area contributed by atoms with Gasteiger partial charge in [0.15, 0.2) is 0 Å². The fourth-order valence-corrected chi connectivity index (χ4v) is 3.15. The van der Waals surface area contributed by atoms with Crippen molar-refractivity contribution in [1.82, 2.24) is 19.9 Å². The van der Waals surface area contributed by atoms with Crippen LogP contribution in [-0.2, 0) is 13.5 Å². The van der Waals surface area contributed by atoms with Crippen LogP contribution in [0.1, 0.15) is 16.2 Å². The Hall–Kier alpha value is -3.41. The standard InChI is InChI=1S/C20H18N4O2/c1-24-18(23-17-9-5-3-7-15(17)20(24)26)19(25)21-11-10-13-12-22-16-8-4-2-6-14(13)16/h2-9,12,22H,10-11H2,1H3,(H,21,25). The van der Waals surface area contributed by atoms with Crippen LogP contribution in [-0.4, -0.2) is 27.0 Å². The number of nitrogens with one attached hydrogen (secondary N) is 2. The first-order chi connectivity index (χ1) is 12.6. The molecule has 2 aromatic carbocycles. The van der Waals surface area contributed by atoms with Crippen molar-refractivity contribution in [3.8, 4) is 0 Å². The number of carbonyl (C=O) groups is 1. The van der Waals surface area contributed by atoms with E-state index in [2.05, 4.69) is 21.4 Å². The molecule has 6 nitrogen and oxygen atoms in total. The lowest BCUT2D eigenvalue weighted by Crippen LogP contribution is -2.33. The molecule has 0 aliphatic heterocycles. The number of hydrogen-bond acceptors (Lipinski definition) is 3. The zero-order chi connectivity index (χ0) is 18.1. The van der Waals surface area contributed by atoms with Crippen LogP contribution in [0.3, 0.4) is 0 Å². The Bertz CT molecular complexity index is 1170. The van der Waals surface area contributed by atoms with E-state index in [9.17, 15) is 9.59 Å². The zero-order valence-electron chi connectivity index (χ0n) is 14.3. The summed E-state index contributed by atoms with van der Waals surface area (Å²) in [5, 5.41) is 4.52.